The zero-order valence-electron chi connectivity index (χ0n) is 13.2. The van der Waals surface area contributed by atoms with Gasteiger partial charge in [-0.15, -0.1) is 0 Å². The van der Waals surface area contributed by atoms with Crippen molar-refractivity contribution in [3.63, 3.8) is 0 Å². The highest BCUT2D eigenvalue weighted by Gasteiger charge is 2.16. The van der Waals surface area contributed by atoms with Crippen LogP contribution in [-0.2, 0) is 0 Å². The number of hydrogen-bond donors (Lipinski definition) is 1. The standard InChI is InChI=1S/C18H22N4O/c23-18(16-5-4-8-19-15-16)20-9-10-21-11-13-22(14-12-21)17-6-2-1-3-7-17/h1-8,15H,9-14H2,(H,20,23). The summed E-state index contributed by atoms with van der Waals surface area (Å²) in [5.41, 5.74) is 1.90. The molecule has 5 nitrogen and oxygen atoms in total. The molecule has 2 aromatic rings. The van der Waals surface area contributed by atoms with Crippen LogP contribution in [0.25, 0.3) is 0 Å². The Bertz CT molecular complexity index is 609. The molecule has 0 unspecified atom stereocenters. The maximum absolute atomic E-state index is 11.9. The van der Waals surface area contributed by atoms with E-state index in [2.05, 4.69) is 44.4 Å². The largest absolute Gasteiger partial charge is 0.369 e. The molecule has 0 atom stereocenters. The lowest BCUT2D eigenvalue weighted by Gasteiger charge is -2.36. The van der Waals surface area contributed by atoms with Crippen LogP contribution in [0, 0.1) is 0 Å². The predicted molar refractivity (Wildman–Crippen MR) is 91.7 cm³/mol. The number of amides is 1. The molecule has 0 radical (unpaired) electrons. The summed E-state index contributed by atoms with van der Waals surface area (Å²) >= 11 is 0. The minimum absolute atomic E-state index is 0.0546. The van der Waals surface area contributed by atoms with Crippen molar-refractivity contribution in [1.29, 1.82) is 0 Å². The van der Waals surface area contributed by atoms with Crippen LogP contribution in [0.1, 0.15) is 10.4 Å². The first-order valence-electron chi connectivity index (χ1n) is 8.03. The number of para-hydroxylation sites is 1. The fourth-order valence-electron chi connectivity index (χ4n) is 2.80. The van der Waals surface area contributed by atoms with Crippen LogP contribution in [-0.4, -0.2) is 55.1 Å². The normalized spacial score (nSPS) is 15.4. The number of carbonyl (C=O) groups is 1. The third-order valence-electron chi connectivity index (χ3n) is 4.13. The highest BCUT2D eigenvalue weighted by molar-refractivity contribution is 5.93. The maximum atomic E-state index is 11.9. The molecule has 1 aliphatic heterocycles. The number of carbonyl (C=O) groups excluding carboxylic acids is 1. The number of aromatic nitrogens is 1. The van der Waals surface area contributed by atoms with Crippen molar-refractivity contribution in [3.8, 4) is 0 Å². The number of rotatable bonds is 5. The number of anilines is 1. The molecule has 1 amide bonds. The molecule has 1 aromatic carbocycles. The summed E-state index contributed by atoms with van der Waals surface area (Å²) < 4.78 is 0. The van der Waals surface area contributed by atoms with Gasteiger partial charge in [0.05, 0.1) is 5.56 Å². The first-order chi connectivity index (χ1) is 11.3. The van der Waals surface area contributed by atoms with Gasteiger partial charge in [0.1, 0.15) is 0 Å². The van der Waals surface area contributed by atoms with Crippen molar-refractivity contribution in [2.45, 2.75) is 0 Å². The Morgan fingerprint density at radius 2 is 1.83 bits per heavy atom. The van der Waals surface area contributed by atoms with E-state index in [9.17, 15) is 4.79 Å². The van der Waals surface area contributed by atoms with E-state index in [1.165, 1.54) is 5.69 Å². The lowest BCUT2D eigenvalue weighted by Crippen LogP contribution is -2.48. The molecular weight excluding hydrogens is 288 g/mol. The van der Waals surface area contributed by atoms with Crippen molar-refractivity contribution in [2.75, 3.05) is 44.2 Å². The molecule has 120 valence electrons. The van der Waals surface area contributed by atoms with Crippen molar-refractivity contribution in [3.05, 3.63) is 60.4 Å². The van der Waals surface area contributed by atoms with Crippen LogP contribution in [0.2, 0.25) is 0 Å². The molecule has 0 spiro atoms. The number of piperazine rings is 1. The fraction of sp³-hybridized carbons (Fsp3) is 0.333. The van der Waals surface area contributed by atoms with Gasteiger partial charge in [0.15, 0.2) is 0 Å². The summed E-state index contributed by atoms with van der Waals surface area (Å²) in [6.07, 6.45) is 3.26. The monoisotopic (exact) mass is 310 g/mol. The maximum Gasteiger partial charge on any atom is 0.252 e. The number of pyridine rings is 1. The van der Waals surface area contributed by atoms with Crippen LogP contribution in [0.4, 0.5) is 5.69 Å². The second-order valence-electron chi connectivity index (χ2n) is 5.66. The molecule has 3 rings (SSSR count). The van der Waals surface area contributed by atoms with Gasteiger partial charge in [-0.3, -0.25) is 14.7 Å². The van der Waals surface area contributed by atoms with Crippen molar-refractivity contribution >= 4 is 11.6 Å². The van der Waals surface area contributed by atoms with Gasteiger partial charge < -0.3 is 10.2 Å². The number of hydrogen-bond acceptors (Lipinski definition) is 4. The van der Waals surface area contributed by atoms with Gasteiger partial charge in [0.25, 0.3) is 5.91 Å². The molecular formula is C18H22N4O. The lowest BCUT2D eigenvalue weighted by molar-refractivity contribution is 0.0947. The van der Waals surface area contributed by atoms with Gasteiger partial charge in [-0.05, 0) is 24.3 Å². The van der Waals surface area contributed by atoms with Gasteiger partial charge >= 0.3 is 0 Å². The third-order valence-corrected chi connectivity index (χ3v) is 4.13. The Hall–Kier alpha value is -2.40. The van der Waals surface area contributed by atoms with E-state index >= 15 is 0 Å². The molecule has 0 saturated carbocycles. The van der Waals surface area contributed by atoms with E-state index in [0.717, 1.165) is 32.7 Å². The molecule has 0 aliphatic carbocycles. The lowest BCUT2D eigenvalue weighted by atomic mass is 10.2. The van der Waals surface area contributed by atoms with E-state index in [1.807, 2.05) is 6.07 Å². The Kier molecular flexibility index (Phi) is 5.21. The minimum Gasteiger partial charge on any atom is -0.369 e. The van der Waals surface area contributed by atoms with Crippen LogP contribution in [0.15, 0.2) is 54.9 Å². The molecule has 5 heteroatoms. The van der Waals surface area contributed by atoms with Gasteiger partial charge in [0.2, 0.25) is 0 Å². The van der Waals surface area contributed by atoms with Crippen LogP contribution >= 0.6 is 0 Å². The van der Waals surface area contributed by atoms with Crippen LogP contribution < -0.4 is 10.2 Å². The molecule has 1 aliphatic rings. The van der Waals surface area contributed by atoms with Crippen molar-refractivity contribution < 1.29 is 4.79 Å². The Labute approximate surface area is 136 Å². The first-order valence-corrected chi connectivity index (χ1v) is 8.03. The Morgan fingerprint density at radius 1 is 1.04 bits per heavy atom. The minimum atomic E-state index is -0.0546. The quantitative estimate of drug-likeness (QED) is 0.912. The summed E-state index contributed by atoms with van der Waals surface area (Å²) in [7, 11) is 0. The highest BCUT2D eigenvalue weighted by atomic mass is 16.1. The van der Waals surface area contributed by atoms with E-state index in [0.29, 0.717) is 12.1 Å². The SMILES string of the molecule is O=C(NCCN1CCN(c2ccccc2)CC1)c1cccnc1. The second-order valence-corrected chi connectivity index (χ2v) is 5.66. The molecule has 23 heavy (non-hydrogen) atoms. The molecule has 0 bridgehead atoms. The highest BCUT2D eigenvalue weighted by Crippen LogP contribution is 2.15. The number of nitrogens with zero attached hydrogens (tertiary/aromatic N) is 3. The van der Waals surface area contributed by atoms with E-state index in [4.69, 9.17) is 0 Å². The average molecular weight is 310 g/mol. The van der Waals surface area contributed by atoms with Crippen molar-refractivity contribution in [2.24, 2.45) is 0 Å². The molecule has 2 heterocycles. The zero-order valence-corrected chi connectivity index (χ0v) is 13.2. The van der Waals surface area contributed by atoms with E-state index in [1.54, 1.807) is 24.5 Å². The predicted octanol–water partition coefficient (Wildman–Crippen LogP) is 1.63. The molecule has 1 saturated heterocycles. The number of nitrogens with one attached hydrogen (secondary N) is 1. The summed E-state index contributed by atoms with van der Waals surface area (Å²) in [6, 6.07) is 14.1. The van der Waals surface area contributed by atoms with Crippen molar-refractivity contribution in [1.82, 2.24) is 15.2 Å². The average Bonchev–Trinajstić information content (AvgIpc) is 2.64. The zero-order chi connectivity index (χ0) is 15.9. The number of benzene rings is 1. The fourth-order valence-corrected chi connectivity index (χ4v) is 2.80. The van der Waals surface area contributed by atoms with Gasteiger partial charge in [-0.25, -0.2) is 0 Å². The molecule has 1 fully saturated rings. The first kappa shape index (κ1) is 15.5. The Morgan fingerprint density at radius 3 is 2.52 bits per heavy atom. The molecule has 1 aromatic heterocycles. The summed E-state index contributed by atoms with van der Waals surface area (Å²) in [6.45, 7) is 5.66. The molecule has 1 N–H and O–H groups in total. The summed E-state index contributed by atoms with van der Waals surface area (Å²) in [4.78, 5) is 20.7. The van der Waals surface area contributed by atoms with Gasteiger partial charge in [0, 0.05) is 57.3 Å². The van der Waals surface area contributed by atoms with Crippen LogP contribution in [0.3, 0.4) is 0 Å². The van der Waals surface area contributed by atoms with Gasteiger partial charge in [-0.1, -0.05) is 18.2 Å². The Balaban J connectivity index is 1.39. The van der Waals surface area contributed by atoms with Gasteiger partial charge in [-0.2, -0.15) is 0 Å². The summed E-state index contributed by atoms with van der Waals surface area (Å²) in [5.74, 6) is -0.0546. The van der Waals surface area contributed by atoms with Crippen LogP contribution in [0.5, 0.6) is 0 Å². The van der Waals surface area contributed by atoms with E-state index < -0.39 is 0 Å². The smallest absolute Gasteiger partial charge is 0.252 e. The summed E-state index contributed by atoms with van der Waals surface area (Å²) in [5, 5.41) is 2.95. The third kappa shape index (κ3) is 4.29. The second kappa shape index (κ2) is 7.74. The van der Waals surface area contributed by atoms with E-state index in [-0.39, 0.29) is 5.91 Å². The topological polar surface area (TPSA) is 48.5 Å².